The van der Waals surface area contributed by atoms with Crippen LogP contribution in [0.1, 0.15) is 28.6 Å². The molecule has 6 heteroatoms. The molecule has 1 heterocycles. The third-order valence-corrected chi connectivity index (χ3v) is 3.98. The molecule has 0 aliphatic carbocycles. The van der Waals surface area contributed by atoms with Gasteiger partial charge in [-0.05, 0) is 32.1 Å². The number of carbonyl (C=O) groups is 2. The lowest BCUT2D eigenvalue weighted by Gasteiger charge is -2.06. The molecule has 0 bridgehead atoms. The third kappa shape index (κ3) is 4.17. The molecule has 138 valence electrons. The van der Waals surface area contributed by atoms with Crippen LogP contribution in [0.2, 0.25) is 0 Å². The third-order valence-electron chi connectivity index (χ3n) is 3.98. The van der Waals surface area contributed by atoms with E-state index in [9.17, 15) is 9.59 Å². The van der Waals surface area contributed by atoms with E-state index in [4.69, 9.17) is 9.15 Å². The fourth-order valence-electron chi connectivity index (χ4n) is 2.68. The number of carbonyl (C=O) groups excluding carboxylic acids is 2. The van der Waals surface area contributed by atoms with Crippen molar-refractivity contribution in [2.75, 3.05) is 6.61 Å². The first kappa shape index (κ1) is 18.3. The van der Waals surface area contributed by atoms with Gasteiger partial charge in [0.1, 0.15) is 11.3 Å². The molecule has 0 unspecified atom stereocenters. The highest BCUT2D eigenvalue weighted by atomic mass is 16.5. The monoisotopic (exact) mass is 364 g/mol. The van der Waals surface area contributed by atoms with Crippen LogP contribution in [0.15, 0.2) is 59.0 Å². The van der Waals surface area contributed by atoms with Crippen LogP contribution in [-0.4, -0.2) is 18.4 Å². The first-order valence-corrected chi connectivity index (χ1v) is 8.58. The normalized spacial score (nSPS) is 10.9. The fraction of sp³-hybridized carbons (Fsp3) is 0.143. The molecule has 2 N–H and O–H groups in total. The molecule has 0 atom stereocenters. The van der Waals surface area contributed by atoms with Crippen molar-refractivity contribution in [1.82, 2.24) is 10.9 Å². The predicted octanol–water partition coefficient (Wildman–Crippen LogP) is 3.61. The quantitative estimate of drug-likeness (QED) is 0.535. The van der Waals surface area contributed by atoms with E-state index in [2.05, 4.69) is 10.9 Å². The first-order valence-electron chi connectivity index (χ1n) is 8.58. The maximum atomic E-state index is 12.3. The largest absolute Gasteiger partial charge is 0.493 e. The van der Waals surface area contributed by atoms with E-state index in [-0.39, 0.29) is 5.76 Å². The summed E-state index contributed by atoms with van der Waals surface area (Å²) in [7, 11) is 0. The zero-order valence-electron chi connectivity index (χ0n) is 15.1. The second-order valence-corrected chi connectivity index (χ2v) is 5.80. The minimum atomic E-state index is -0.514. The Kier molecular flexibility index (Phi) is 5.56. The Bertz CT molecular complexity index is 1000. The number of para-hydroxylation sites is 2. The number of amides is 2. The number of hydrogen-bond acceptors (Lipinski definition) is 4. The first-order chi connectivity index (χ1) is 13.1. The van der Waals surface area contributed by atoms with Crippen LogP contribution in [-0.2, 0) is 4.79 Å². The van der Waals surface area contributed by atoms with Gasteiger partial charge in [0.05, 0.1) is 6.61 Å². The smallest absolute Gasteiger partial charge is 0.305 e. The number of rotatable bonds is 5. The Balaban J connectivity index is 1.63. The van der Waals surface area contributed by atoms with Crippen LogP contribution in [0, 0.1) is 6.92 Å². The summed E-state index contributed by atoms with van der Waals surface area (Å²) in [6.45, 7) is 4.22. The predicted molar refractivity (Wildman–Crippen MR) is 103 cm³/mol. The van der Waals surface area contributed by atoms with Gasteiger partial charge in [0.25, 0.3) is 5.91 Å². The van der Waals surface area contributed by atoms with Gasteiger partial charge in [-0.2, -0.15) is 0 Å². The van der Waals surface area contributed by atoms with Gasteiger partial charge in [-0.15, -0.1) is 0 Å². The number of ether oxygens (including phenoxy) is 1. The highest BCUT2D eigenvalue weighted by Crippen LogP contribution is 2.24. The average Bonchev–Trinajstić information content (AvgIpc) is 3.03. The van der Waals surface area contributed by atoms with Gasteiger partial charge in [0.15, 0.2) is 5.76 Å². The molecule has 0 spiro atoms. The molecule has 0 fully saturated rings. The summed E-state index contributed by atoms with van der Waals surface area (Å²) in [5.41, 5.74) is 6.83. The fourth-order valence-corrected chi connectivity index (χ4v) is 2.68. The van der Waals surface area contributed by atoms with Crippen LogP contribution >= 0.6 is 0 Å². The highest BCUT2D eigenvalue weighted by Gasteiger charge is 2.17. The van der Waals surface area contributed by atoms with Crippen molar-refractivity contribution >= 4 is 28.9 Å². The molecule has 27 heavy (non-hydrogen) atoms. The maximum absolute atomic E-state index is 12.3. The summed E-state index contributed by atoms with van der Waals surface area (Å²) < 4.78 is 11.1. The Morgan fingerprint density at radius 3 is 2.59 bits per heavy atom. The molecule has 3 rings (SSSR count). The van der Waals surface area contributed by atoms with Gasteiger partial charge in [0, 0.05) is 22.6 Å². The van der Waals surface area contributed by atoms with Gasteiger partial charge in [-0.25, -0.2) is 0 Å². The van der Waals surface area contributed by atoms with E-state index < -0.39 is 11.8 Å². The van der Waals surface area contributed by atoms with E-state index in [0.717, 1.165) is 16.5 Å². The summed E-state index contributed by atoms with van der Waals surface area (Å²) in [4.78, 5) is 24.3. The number of nitrogens with one attached hydrogen (secondary N) is 2. The number of furan rings is 1. The van der Waals surface area contributed by atoms with Crippen molar-refractivity contribution < 1.29 is 18.7 Å². The molecule has 0 saturated carbocycles. The van der Waals surface area contributed by atoms with Crippen LogP contribution < -0.4 is 15.6 Å². The Morgan fingerprint density at radius 1 is 1.07 bits per heavy atom. The molecule has 0 aliphatic rings. The molecular formula is C21H20N2O4. The van der Waals surface area contributed by atoms with E-state index in [1.165, 1.54) is 6.08 Å². The van der Waals surface area contributed by atoms with Crippen molar-refractivity contribution in [3.63, 3.8) is 0 Å². The number of hydrogen-bond donors (Lipinski definition) is 2. The molecule has 0 aliphatic heterocycles. The number of benzene rings is 2. The lowest BCUT2D eigenvalue weighted by atomic mass is 10.1. The molecule has 2 aromatic carbocycles. The van der Waals surface area contributed by atoms with E-state index in [0.29, 0.717) is 17.9 Å². The van der Waals surface area contributed by atoms with E-state index >= 15 is 0 Å². The molecular weight excluding hydrogens is 344 g/mol. The maximum Gasteiger partial charge on any atom is 0.305 e. The number of aryl methyl sites for hydroxylation is 1. The molecule has 0 radical (unpaired) electrons. The number of hydrazine groups is 1. The van der Waals surface area contributed by atoms with Crippen molar-refractivity contribution in [1.29, 1.82) is 0 Å². The van der Waals surface area contributed by atoms with Gasteiger partial charge in [0.2, 0.25) is 0 Å². The van der Waals surface area contributed by atoms with Gasteiger partial charge in [-0.3, -0.25) is 20.4 Å². The summed E-state index contributed by atoms with van der Waals surface area (Å²) in [5, 5.41) is 0.862. The Labute approximate surface area is 156 Å². The molecule has 2 amide bonds. The summed E-state index contributed by atoms with van der Waals surface area (Å²) in [6.07, 6.45) is 2.95. The van der Waals surface area contributed by atoms with E-state index in [1.807, 2.05) is 49.4 Å². The lowest BCUT2D eigenvalue weighted by Crippen LogP contribution is -2.40. The standard InChI is InChI=1S/C21H20N2O4/c1-3-26-17-10-6-4-8-15(17)12-13-19(24)22-23-21(25)20-14(2)16-9-5-7-11-18(16)27-20/h4-13H,3H2,1-2H3,(H,22,24)(H,23,25)/b13-12+. The van der Waals surface area contributed by atoms with Gasteiger partial charge >= 0.3 is 5.91 Å². The van der Waals surface area contributed by atoms with Gasteiger partial charge < -0.3 is 9.15 Å². The van der Waals surface area contributed by atoms with Crippen molar-refractivity contribution in [2.24, 2.45) is 0 Å². The minimum Gasteiger partial charge on any atom is -0.493 e. The molecule has 6 nitrogen and oxygen atoms in total. The average molecular weight is 364 g/mol. The second kappa shape index (κ2) is 8.23. The SMILES string of the molecule is CCOc1ccccc1/C=C/C(=O)NNC(=O)c1oc2ccccc2c1C. The topological polar surface area (TPSA) is 80.6 Å². The van der Waals surface area contributed by atoms with Crippen molar-refractivity contribution in [2.45, 2.75) is 13.8 Å². The van der Waals surface area contributed by atoms with E-state index in [1.54, 1.807) is 19.1 Å². The molecule has 1 aromatic heterocycles. The van der Waals surface area contributed by atoms with Crippen LogP contribution in [0.3, 0.4) is 0 Å². The Hall–Kier alpha value is -3.54. The zero-order chi connectivity index (χ0) is 19.2. The Morgan fingerprint density at radius 2 is 1.81 bits per heavy atom. The van der Waals surface area contributed by atoms with Crippen LogP contribution in [0.25, 0.3) is 17.0 Å². The highest BCUT2D eigenvalue weighted by molar-refractivity contribution is 6.00. The molecule has 0 saturated heterocycles. The van der Waals surface area contributed by atoms with Crippen molar-refractivity contribution in [3.8, 4) is 5.75 Å². The van der Waals surface area contributed by atoms with Crippen LogP contribution in [0.4, 0.5) is 0 Å². The molecule has 3 aromatic rings. The second-order valence-electron chi connectivity index (χ2n) is 5.80. The summed E-state index contributed by atoms with van der Waals surface area (Å²) in [5.74, 6) is -0.128. The van der Waals surface area contributed by atoms with Crippen molar-refractivity contribution in [3.05, 3.63) is 71.5 Å². The van der Waals surface area contributed by atoms with Gasteiger partial charge in [-0.1, -0.05) is 36.4 Å². The zero-order valence-corrected chi connectivity index (χ0v) is 15.1. The summed E-state index contributed by atoms with van der Waals surface area (Å²) in [6, 6.07) is 14.8. The minimum absolute atomic E-state index is 0.169. The summed E-state index contributed by atoms with van der Waals surface area (Å²) >= 11 is 0. The van der Waals surface area contributed by atoms with Crippen LogP contribution in [0.5, 0.6) is 5.75 Å². The number of fused-ring (bicyclic) bond motifs is 1. The lowest BCUT2D eigenvalue weighted by molar-refractivity contribution is -0.117.